The van der Waals surface area contributed by atoms with E-state index in [1.54, 1.807) is 56.8 Å². The number of aromatic carboxylic acids is 1. The van der Waals surface area contributed by atoms with Crippen molar-refractivity contribution in [3.05, 3.63) is 130 Å². The van der Waals surface area contributed by atoms with Crippen LogP contribution in [0.2, 0.25) is 0 Å². The Morgan fingerprint density at radius 3 is 1.50 bits per heavy atom. The molecule has 0 aromatic heterocycles. The van der Waals surface area contributed by atoms with Gasteiger partial charge in [-0.25, -0.2) is 4.79 Å². The maximum atomic E-state index is 12.0. The van der Waals surface area contributed by atoms with Crippen LogP contribution >= 0.6 is 11.8 Å². The maximum Gasteiger partial charge on any atom is 0.335 e. The van der Waals surface area contributed by atoms with Crippen LogP contribution in [0.4, 0.5) is 11.4 Å². The molecule has 1 aliphatic heterocycles. The van der Waals surface area contributed by atoms with Gasteiger partial charge in [-0.2, -0.15) is 0 Å². The molecule has 0 radical (unpaired) electrons. The third kappa shape index (κ3) is 34.8. The molecule has 0 aliphatic carbocycles. The van der Waals surface area contributed by atoms with Crippen LogP contribution in [0.5, 0.6) is 5.75 Å². The van der Waals surface area contributed by atoms with E-state index < -0.39 is 53.1 Å². The molecule has 0 saturated carbocycles. The largest absolute Gasteiger partial charge is 0.478 e. The highest BCUT2D eigenvalue weighted by Crippen LogP contribution is 2.32. The Hall–Kier alpha value is -7.01. The molecule has 538 valence electrons. The summed E-state index contributed by atoms with van der Waals surface area (Å²) in [5, 5.41) is 49.5. The van der Waals surface area contributed by atoms with Gasteiger partial charge in [-0.3, -0.25) is 34.0 Å². The van der Waals surface area contributed by atoms with Crippen molar-refractivity contribution in [3.8, 4) is 5.75 Å². The van der Waals surface area contributed by atoms with E-state index in [0.29, 0.717) is 37.7 Å². The number of hydrogen-bond donors (Lipinski definition) is 7. The van der Waals surface area contributed by atoms with Gasteiger partial charge in [0, 0.05) is 33.7 Å². The molecule has 1 fully saturated rings. The van der Waals surface area contributed by atoms with E-state index in [4.69, 9.17) is 33.5 Å². The van der Waals surface area contributed by atoms with Gasteiger partial charge in [-0.15, -0.1) is 11.8 Å². The number of esters is 4. The van der Waals surface area contributed by atoms with E-state index in [1.807, 2.05) is 148 Å². The van der Waals surface area contributed by atoms with Gasteiger partial charge >= 0.3 is 29.8 Å². The lowest BCUT2D eigenvalue weighted by Crippen LogP contribution is -2.59. The third-order valence-electron chi connectivity index (χ3n) is 12.9. The summed E-state index contributed by atoms with van der Waals surface area (Å²) in [6, 6.07) is 28.2. The Balaban J connectivity index is 0.000000650. The van der Waals surface area contributed by atoms with Crippen molar-refractivity contribution in [2.24, 2.45) is 28.1 Å². The molecule has 20 nitrogen and oxygen atoms in total. The van der Waals surface area contributed by atoms with Crippen molar-refractivity contribution in [1.82, 2.24) is 5.32 Å². The van der Waals surface area contributed by atoms with Gasteiger partial charge in [0.2, 0.25) is 12.6 Å². The van der Waals surface area contributed by atoms with E-state index >= 15 is 0 Å². The molecule has 1 saturated heterocycles. The minimum absolute atomic E-state index is 0. The van der Waals surface area contributed by atoms with Crippen LogP contribution in [0.1, 0.15) is 203 Å². The molecule has 1 aliphatic rings. The van der Waals surface area contributed by atoms with Crippen LogP contribution in [-0.2, 0) is 72.0 Å². The van der Waals surface area contributed by atoms with Gasteiger partial charge in [0.05, 0.1) is 33.1 Å². The monoisotopic (exact) mass is 1360 g/mol. The number of carboxylic acids is 1. The maximum absolute atomic E-state index is 12.0. The number of thioether (sulfide) groups is 1. The molecule has 0 spiro atoms. The number of carboxylic acid groups (broad SMARTS) is 1. The predicted octanol–water partition coefficient (Wildman–Crippen LogP) is 14.1. The first-order chi connectivity index (χ1) is 43.7. The summed E-state index contributed by atoms with van der Waals surface area (Å²) in [6.45, 7) is 44.2. The molecule has 5 rings (SSSR count). The summed E-state index contributed by atoms with van der Waals surface area (Å²) in [5.41, 5.74) is 5.49. The van der Waals surface area contributed by atoms with Gasteiger partial charge in [0.15, 0.2) is 0 Å². The summed E-state index contributed by atoms with van der Waals surface area (Å²) in [6.07, 6.45) is -3.24. The topological polar surface area (TPSA) is 284 Å². The molecule has 7 N–H and O–H groups in total. The third-order valence-corrected chi connectivity index (χ3v) is 14.0. The number of hydrogen-bond acceptors (Lipinski definition) is 20. The van der Waals surface area contributed by atoms with Gasteiger partial charge < -0.3 is 59.5 Å². The van der Waals surface area contributed by atoms with Gasteiger partial charge in [-0.05, 0) is 219 Å². The fourth-order valence-corrected chi connectivity index (χ4v) is 9.22. The second-order valence-electron chi connectivity index (χ2n) is 30.1. The van der Waals surface area contributed by atoms with Crippen LogP contribution < -0.4 is 20.7 Å². The first-order valence-corrected chi connectivity index (χ1v) is 33.1. The molecular weight excluding hydrogens is 1250 g/mol. The van der Waals surface area contributed by atoms with Crippen LogP contribution in [-0.4, -0.2) is 123 Å². The number of anilines is 2. The molecule has 4 aromatic rings. The number of rotatable bonds is 23. The molecule has 1 unspecified atom stereocenters. The lowest BCUT2D eigenvalue weighted by atomic mass is 9.97. The van der Waals surface area contributed by atoms with Crippen molar-refractivity contribution in [1.29, 1.82) is 0 Å². The molecule has 6 atom stereocenters. The molecular formula is C75H115N3O17S. The zero-order valence-electron chi connectivity index (χ0n) is 60.3. The molecule has 21 heteroatoms. The van der Waals surface area contributed by atoms with E-state index in [1.165, 1.54) is 0 Å². The zero-order chi connectivity index (χ0) is 72.5. The minimum atomic E-state index is -1.63. The summed E-state index contributed by atoms with van der Waals surface area (Å²) in [5.74, 6) is -0.577. The van der Waals surface area contributed by atoms with E-state index in [-0.39, 0.29) is 83.8 Å². The number of aliphatic hydroxyl groups is 3. The number of carbonyl (C=O) groups is 6. The van der Waals surface area contributed by atoms with Gasteiger partial charge in [0.25, 0.3) is 6.47 Å². The normalized spacial score (nSPS) is 16.9. The number of benzene rings is 4. The lowest BCUT2D eigenvalue weighted by molar-refractivity contribution is -0.321. The van der Waals surface area contributed by atoms with E-state index in [9.17, 15) is 44.1 Å². The molecule has 96 heavy (non-hydrogen) atoms. The minimum Gasteiger partial charge on any atom is -0.478 e. The highest BCUT2D eigenvalue weighted by molar-refractivity contribution is 7.99. The summed E-state index contributed by atoms with van der Waals surface area (Å²) in [4.78, 5) is 68.4. The summed E-state index contributed by atoms with van der Waals surface area (Å²) >= 11 is 1.63. The van der Waals surface area contributed by atoms with Crippen molar-refractivity contribution in [3.63, 3.8) is 0 Å². The van der Waals surface area contributed by atoms with Crippen molar-refractivity contribution in [2.45, 2.75) is 232 Å². The van der Waals surface area contributed by atoms with Gasteiger partial charge in [-0.1, -0.05) is 83.7 Å². The number of aliphatic hydroxyl groups excluding tert-OH is 3. The lowest BCUT2D eigenvalue weighted by Gasteiger charge is -2.39. The molecule has 1 heterocycles. The Morgan fingerprint density at radius 1 is 0.583 bits per heavy atom. The standard InChI is InChI=1S/C22H32O9.C19H29NO4S.C17H25NO2.C16H25NO2.CH4/c1-12(2)8-14-9-13(10-28-21(27)22(3,4)5)6-7-15(14)30-20-18(26)16(24)17(25)19(31-20)29-11-23;1-18(2,3)17(23)24-11-12-25-15(20-19(4,5)6)13-7-9-14(10-8-13)16(21)22;1-13(2)16(19)20-12-6-7-14-8-10-15(11-9-14)18-17(3,4)5;1-15(2,3)14(18)19-11-12-7-9-13(10-8-12)17-16(4,5)6;/h6-7,9,11-12,16-20,24-26H,8,10H2,1-5H3;7-10,15,20H,11-12H2,1-6H3,(H,21,22);6-11,13,18H,12H2,1-5H3;7-10,17H,11H2,1-6H3;1H4/b;;7-6+;;/t16-,17-,18+,19-,20+;;;;/m0..../s1. The van der Waals surface area contributed by atoms with Gasteiger partial charge in [0.1, 0.15) is 50.5 Å². The Bertz CT molecular complexity index is 3030. The number of nitrogens with one attached hydrogen (secondary N) is 3. The summed E-state index contributed by atoms with van der Waals surface area (Å²) in [7, 11) is 0. The Labute approximate surface area is 576 Å². The van der Waals surface area contributed by atoms with Crippen LogP contribution in [0.3, 0.4) is 0 Å². The quantitative estimate of drug-likeness (QED) is 0.0119. The first kappa shape index (κ1) is 87.0. The van der Waals surface area contributed by atoms with Crippen LogP contribution in [0, 0.1) is 28.1 Å². The second-order valence-corrected chi connectivity index (χ2v) is 31.3. The van der Waals surface area contributed by atoms with Crippen molar-refractivity contribution < 1.29 is 82.4 Å². The molecule has 4 aromatic carbocycles. The average Bonchev–Trinajstić information content (AvgIpc) is 0.809. The highest BCUT2D eigenvalue weighted by Gasteiger charge is 2.46. The average molecular weight is 1360 g/mol. The predicted molar refractivity (Wildman–Crippen MR) is 381 cm³/mol. The van der Waals surface area contributed by atoms with E-state index in [2.05, 4.69) is 83.0 Å². The zero-order valence-corrected chi connectivity index (χ0v) is 61.1. The van der Waals surface area contributed by atoms with Crippen molar-refractivity contribution in [2.75, 3.05) is 29.6 Å². The Kier molecular flexibility index (Phi) is 35.7. The van der Waals surface area contributed by atoms with Crippen molar-refractivity contribution >= 4 is 65.5 Å². The Morgan fingerprint density at radius 2 is 1.05 bits per heavy atom. The van der Waals surface area contributed by atoms with Crippen LogP contribution in [0.15, 0.2) is 97.1 Å². The smallest absolute Gasteiger partial charge is 0.335 e. The van der Waals surface area contributed by atoms with E-state index in [0.717, 1.165) is 39.2 Å². The summed E-state index contributed by atoms with van der Waals surface area (Å²) < 4.78 is 36.8. The molecule has 0 bridgehead atoms. The number of carbonyl (C=O) groups excluding carboxylic acids is 5. The molecule has 0 amide bonds. The SMILES string of the molecule is C.CC(C)(C)NC(SCCOC(=O)C(C)(C)C)c1ccc(C(=O)O)cc1.CC(C)(C)Nc1ccc(COC(=O)C(C)(C)C)cc1.CC(C)C(=O)OC/C=C/c1ccc(NC(C)(C)C)cc1.CC(C)Cc1cc(COC(=O)C(C)(C)C)ccc1O[C@@H]1O[C@H](OC=O)[C@@H](O)[C@H](O)[C@H]1O. The number of ether oxygens (including phenoxy) is 7. The fourth-order valence-electron chi connectivity index (χ4n) is 8.02. The highest BCUT2D eigenvalue weighted by atomic mass is 32.2. The first-order valence-electron chi connectivity index (χ1n) is 32.1. The fraction of sp³-hybridized carbons (Fsp3) is 0.573. The second kappa shape index (κ2) is 39.4. The van der Waals surface area contributed by atoms with Crippen LogP contribution in [0.25, 0.3) is 6.08 Å².